The Hall–Kier alpha value is -2.28. The zero-order chi connectivity index (χ0) is 17.1. The molecule has 0 aliphatic carbocycles. The molecular formula is C16H25N3O4. The summed E-state index contributed by atoms with van der Waals surface area (Å²) in [7, 11) is 5.51. The summed E-state index contributed by atoms with van der Waals surface area (Å²) < 4.78 is 10.5. The number of carbonyl (C=O) groups is 2. The van der Waals surface area contributed by atoms with Gasteiger partial charge in [0.15, 0.2) is 0 Å². The highest BCUT2D eigenvalue weighted by molar-refractivity contribution is 6.35. The van der Waals surface area contributed by atoms with Crippen LogP contribution in [0.3, 0.4) is 0 Å². The summed E-state index contributed by atoms with van der Waals surface area (Å²) in [5.41, 5.74) is 0. The Balaban J connectivity index is 2.14. The van der Waals surface area contributed by atoms with Crippen molar-refractivity contribution in [2.75, 3.05) is 47.4 Å². The summed E-state index contributed by atoms with van der Waals surface area (Å²) in [5, 5.41) is 5.09. The van der Waals surface area contributed by atoms with Crippen LogP contribution in [-0.4, -0.2) is 64.2 Å². The predicted molar refractivity (Wildman–Crippen MR) is 87.7 cm³/mol. The highest BCUT2D eigenvalue weighted by Crippen LogP contribution is 2.16. The lowest BCUT2D eigenvalue weighted by Gasteiger charge is -2.10. The molecule has 1 rings (SSSR count). The van der Waals surface area contributed by atoms with Crippen molar-refractivity contribution in [3.63, 3.8) is 0 Å². The van der Waals surface area contributed by atoms with E-state index in [9.17, 15) is 9.59 Å². The first-order chi connectivity index (χ1) is 11.0. The minimum atomic E-state index is -0.645. The number of hydrogen-bond donors (Lipinski definition) is 2. The summed E-state index contributed by atoms with van der Waals surface area (Å²) >= 11 is 0. The molecule has 0 bridgehead atoms. The summed E-state index contributed by atoms with van der Waals surface area (Å²) in [4.78, 5) is 25.1. The number of benzene rings is 1. The van der Waals surface area contributed by atoms with Gasteiger partial charge in [-0.05, 0) is 51.3 Å². The van der Waals surface area contributed by atoms with E-state index in [1.165, 1.54) is 0 Å². The SMILES string of the molecule is COc1ccc(OCCNC(=O)C(=O)NCCCN(C)C)cc1. The smallest absolute Gasteiger partial charge is 0.309 e. The van der Waals surface area contributed by atoms with Crippen molar-refractivity contribution in [3.8, 4) is 11.5 Å². The number of nitrogens with one attached hydrogen (secondary N) is 2. The van der Waals surface area contributed by atoms with Crippen LogP contribution >= 0.6 is 0 Å². The zero-order valence-electron chi connectivity index (χ0n) is 13.9. The molecule has 128 valence electrons. The standard InChI is InChI=1S/C16H25N3O4/c1-19(2)11-4-9-17-15(20)16(21)18-10-12-23-14-7-5-13(22-3)6-8-14/h5-8H,4,9-12H2,1-3H3,(H,17,20)(H,18,21). The van der Waals surface area contributed by atoms with Gasteiger partial charge in [-0.1, -0.05) is 0 Å². The highest BCUT2D eigenvalue weighted by Gasteiger charge is 2.11. The lowest BCUT2D eigenvalue weighted by molar-refractivity contribution is -0.139. The van der Waals surface area contributed by atoms with Crippen LogP contribution < -0.4 is 20.1 Å². The van der Waals surface area contributed by atoms with Gasteiger partial charge in [0.05, 0.1) is 13.7 Å². The van der Waals surface area contributed by atoms with Crippen molar-refractivity contribution in [2.45, 2.75) is 6.42 Å². The second kappa shape index (κ2) is 10.4. The van der Waals surface area contributed by atoms with Gasteiger partial charge in [-0.15, -0.1) is 0 Å². The third-order valence-corrected chi connectivity index (χ3v) is 2.99. The van der Waals surface area contributed by atoms with E-state index in [0.29, 0.717) is 12.3 Å². The van der Waals surface area contributed by atoms with Gasteiger partial charge in [-0.2, -0.15) is 0 Å². The fourth-order valence-electron chi connectivity index (χ4n) is 1.76. The first kappa shape index (κ1) is 18.8. The fraction of sp³-hybridized carbons (Fsp3) is 0.500. The van der Waals surface area contributed by atoms with Crippen molar-refractivity contribution in [1.29, 1.82) is 0 Å². The van der Waals surface area contributed by atoms with Crippen LogP contribution in [-0.2, 0) is 9.59 Å². The molecule has 7 heteroatoms. The quantitative estimate of drug-likeness (QED) is 0.503. The van der Waals surface area contributed by atoms with Crippen LogP contribution in [0.25, 0.3) is 0 Å². The third-order valence-electron chi connectivity index (χ3n) is 2.99. The first-order valence-corrected chi connectivity index (χ1v) is 7.50. The Morgan fingerprint density at radius 2 is 1.57 bits per heavy atom. The van der Waals surface area contributed by atoms with Crippen molar-refractivity contribution < 1.29 is 19.1 Å². The Kier molecular flexibility index (Phi) is 8.52. The largest absolute Gasteiger partial charge is 0.497 e. The summed E-state index contributed by atoms with van der Waals surface area (Å²) in [6.07, 6.45) is 0.798. The first-order valence-electron chi connectivity index (χ1n) is 7.50. The van der Waals surface area contributed by atoms with E-state index in [0.717, 1.165) is 18.7 Å². The molecule has 0 aliphatic heterocycles. The molecule has 1 aromatic rings. The lowest BCUT2D eigenvalue weighted by atomic mass is 10.3. The predicted octanol–water partition coefficient (Wildman–Crippen LogP) is 0.258. The van der Waals surface area contributed by atoms with E-state index in [4.69, 9.17) is 9.47 Å². The second-order valence-electron chi connectivity index (χ2n) is 5.19. The van der Waals surface area contributed by atoms with Gasteiger partial charge in [0, 0.05) is 6.54 Å². The molecule has 0 fully saturated rings. The van der Waals surface area contributed by atoms with Gasteiger partial charge >= 0.3 is 11.8 Å². The Labute approximate surface area is 136 Å². The molecule has 23 heavy (non-hydrogen) atoms. The monoisotopic (exact) mass is 323 g/mol. The highest BCUT2D eigenvalue weighted by atomic mass is 16.5. The average Bonchev–Trinajstić information content (AvgIpc) is 2.55. The van der Waals surface area contributed by atoms with E-state index in [1.807, 2.05) is 19.0 Å². The number of rotatable bonds is 9. The van der Waals surface area contributed by atoms with Crippen LogP contribution in [0, 0.1) is 0 Å². The van der Waals surface area contributed by atoms with E-state index in [-0.39, 0.29) is 13.2 Å². The zero-order valence-corrected chi connectivity index (χ0v) is 13.9. The average molecular weight is 323 g/mol. The molecule has 0 spiro atoms. The molecule has 0 radical (unpaired) electrons. The van der Waals surface area contributed by atoms with Crippen LogP contribution in [0.5, 0.6) is 11.5 Å². The van der Waals surface area contributed by atoms with Gasteiger partial charge in [0.1, 0.15) is 18.1 Å². The summed E-state index contributed by atoms with van der Waals surface area (Å²) in [6, 6.07) is 7.13. The third kappa shape index (κ3) is 8.06. The number of nitrogens with zero attached hydrogens (tertiary/aromatic N) is 1. The Morgan fingerprint density at radius 3 is 2.13 bits per heavy atom. The maximum atomic E-state index is 11.6. The van der Waals surface area contributed by atoms with Crippen molar-refractivity contribution in [3.05, 3.63) is 24.3 Å². The number of hydrogen-bond acceptors (Lipinski definition) is 5. The molecule has 0 atom stereocenters. The number of amides is 2. The normalized spacial score (nSPS) is 10.3. The second-order valence-corrected chi connectivity index (χ2v) is 5.19. The Bertz CT molecular complexity index is 489. The van der Waals surface area contributed by atoms with Crippen molar-refractivity contribution >= 4 is 11.8 Å². The molecule has 7 nitrogen and oxygen atoms in total. The number of carbonyl (C=O) groups excluding carboxylic acids is 2. The molecule has 0 saturated heterocycles. The minimum absolute atomic E-state index is 0.260. The van der Waals surface area contributed by atoms with Crippen LogP contribution in [0.2, 0.25) is 0 Å². The number of ether oxygens (including phenoxy) is 2. The van der Waals surface area contributed by atoms with E-state index in [1.54, 1.807) is 31.4 Å². The van der Waals surface area contributed by atoms with E-state index >= 15 is 0 Å². The molecule has 0 aliphatic rings. The molecule has 0 aromatic heterocycles. The van der Waals surface area contributed by atoms with Gasteiger partial charge in [-0.3, -0.25) is 9.59 Å². The molecule has 0 saturated carbocycles. The van der Waals surface area contributed by atoms with Crippen molar-refractivity contribution in [1.82, 2.24) is 15.5 Å². The maximum Gasteiger partial charge on any atom is 0.309 e. The summed E-state index contributed by atoms with van der Waals surface area (Å²) in [5.74, 6) is 0.158. The lowest BCUT2D eigenvalue weighted by Crippen LogP contribution is -2.42. The van der Waals surface area contributed by atoms with Gasteiger partial charge in [-0.25, -0.2) is 0 Å². The van der Waals surface area contributed by atoms with Crippen LogP contribution in [0.15, 0.2) is 24.3 Å². The van der Waals surface area contributed by atoms with E-state index < -0.39 is 11.8 Å². The minimum Gasteiger partial charge on any atom is -0.497 e. The topological polar surface area (TPSA) is 79.9 Å². The van der Waals surface area contributed by atoms with Crippen molar-refractivity contribution in [2.24, 2.45) is 0 Å². The molecule has 0 unspecified atom stereocenters. The van der Waals surface area contributed by atoms with E-state index in [2.05, 4.69) is 10.6 Å². The molecular weight excluding hydrogens is 298 g/mol. The van der Waals surface area contributed by atoms with Gasteiger partial charge < -0.3 is 25.0 Å². The maximum absolute atomic E-state index is 11.6. The molecule has 2 amide bonds. The molecule has 2 N–H and O–H groups in total. The number of methoxy groups -OCH3 is 1. The van der Waals surface area contributed by atoms with Crippen LogP contribution in [0.4, 0.5) is 0 Å². The van der Waals surface area contributed by atoms with Crippen LogP contribution in [0.1, 0.15) is 6.42 Å². The summed E-state index contributed by atoms with van der Waals surface area (Å²) in [6.45, 7) is 1.88. The van der Waals surface area contributed by atoms with Gasteiger partial charge in [0.25, 0.3) is 0 Å². The van der Waals surface area contributed by atoms with Gasteiger partial charge in [0.2, 0.25) is 0 Å². The molecule has 1 aromatic carbocycles. The Morgan fingerprint density at radius 1 is 1.00 bits per heavy atom. The molecule has 0 heterocycles. The fourth-order valence-corrected chi connectivity index (χ4v) is 1.76.